The maximum absolute atomic E-state index is 12.9. The van der Waals surface area contributed by atoms with Gasteiger partial charge in [0.2, 0.25) is 0 Å². The highest BCUT2D eigenvalue weighted by Crippen LogP contribution is 2.40. The molecule has 2 aromatic carbocycles. The maximum atomic E-state index is 12.9. The van der Waals surface area contributed by atoms with Crippen molar-refractivity contribution in [1.29, 1.82) is 0 Å². The van der Waals surface area contributed by atoms with Gasteiger partial charge < -0.3 is 14.9 Å². The van der Waals surface area contributed by atoms with Crippen molar-refractivity contribution in [2.75, 3.05) is 27.2 Å². The van der Waals surface area contributed by atoms with Crippen molar-refractivity contribution in [3.63, 3.8) is 0 Å². The van der Waals surface area contributed by atoms with E-state index in [4.69, 9.17) is 0 Å². The normalized spacial score (nSPS) is 18.1. The average molecular weight is 423 g/mol. The largest absolute Gasteiger partial charge is 0.507 e. The summed E-state index contributed by atoms with van der Waals surface area (Å²) in [5.74, 6) is -1.80. The van der Waals surface area contributed by atoms with E-state index in [9.17, 15) is 24.8 Å². The highest BCUT2D eigenvalue weighted by molar-refractivity contribution is 6.46. The smallest absolute Gasteiger partial charge is 0.295 e. The van der Waals surface area contributed by atoms with Gasteiger partial charge >= 0.3 is 0 Å². The number of carbonyl (C=O) groups excluding carboxylic acids is 2. The number of non-ortho nitro benzene ring substituents is 1. The van der Waals surface area contributed by atoms with Crippen LogP contribution in [0.1, 0.15) is 29.2 Å². The number of rotatable bonds is 7. The molecular formula is C23H25N3O5. The second-order valence-electron chi connectivity index (χ2n) is 7.87. The molecule has 1 atom stereocenters. The summed E-state index contributed by atoms with van der Waals surface area (Å²) in [5, 5.41) is 22.3. The van der Waals surface area contributed by atoms with Gasteiger partial charge in [-0.05, 0) is 39.5 Å². The van der Waals surface area contributed by atoms with Crippen LogP contribution in [0.15, 0.2) is 54.1 Å². The van der Waals surface area contributed by atoms with E-state index in [1.165, 1.54) is 23.1 Å². The highest BCUT2D eigenvalue weighted by Gasteiger charge is 2.46. The number of aliphatic hydroxyl groups excluding tert-OH is 1. The Morgan fingerprint density at radius 1 is 1.16 bits per heavy atom. The molecule has 3 rings (SSSR count). The van der Waals surface area contributed by atoms with Gasteiger partial charge in [0.25, 0.3) is 17.4 Å². The van der Waals surface area contributed by atoms with E-state index >= 15 is 0 Å². The molecule has 1 heterocycles. The Kier molecular flexibility index (Phi) is 6.50. The van der Waals surface area contributed by atoms with Crippen LogP contribution in [0.2, 0.25) is 0 Å². The standard InChI is InChI=1S/C23H25N3O5/c1-15-8-10-16(11-9-15)21(27)19-20(17-6-4-7-18(14-17)26(30)31)25(23(29)22(19)28)13-5-12-24(2)3/h4,6-11,14,20,27H,5,12-13H2,1-3H3/b21-19+/t20-/m0/s1. The lowest BCUT2D eigenvalue weighted by molar-refractivity contribution is -0.384. The number of nitrogens with zero attached hydrogens (tertiary/aromatic N) is 3. The summed E-state index contributed by atoms with van der Waals surface area (Å²) < 4.78 is 0. The Morgan fingerprint density at radius 2 is 1.84 bits per heavy atom. The Labute approximate surface area is 180 Å². The Hall–Kier alpha value is -3.52. The molecule has 1 fully saturated rings. The first-order valence-electron chi connectivity index (χ1n) is 9.95. The van der Waals surface area contributed by atoms with E-state index in [1.807, 2.05) is 25.9 Å². The fourth-order valence-electron chi connectivity index (χ4n) is 3.69. The first-order valence-corrected chi connectivity index (χ1v) is 9.95. The molecule has 0 unspecified atom stereocenters. The fourth-order valence-corrected chi connectivity index (χ4v) is 3.69. The molecule has 31 heavy (non-hydrogen) atoms. The predicted molar refractivity (Wildman–Crippen MR) is 116 cm³/mol. The Balaban J connectivity index is 2.13. The van der Waals surface area contributed by atoms with Crippen molar-refractivity contribution < 1.29 is 19.6 Å². The van der Waals surface area contributed by atoms with Crippen LogP contribution in [-0.4, -0.2) is 58.7 Å². The van der Waals surface area contributed by atoms with E-state index in [-0.39, 0.29) is 23.6 Å². The van der Waals surface area contributed by atoms with Crippen molar-refractivity contribution in [2.45, 2.75) is 19.4 Å². The van der Waals surface area contributed by atoms with Gasteiger partial charge in [-0.3, -0.25) is 19.7 Å². The zero-order valence-electron chi connectivity index (χ0n) is 17.7. The number of likely N-dealkylation sites (tertiary alicyclic amines) is 1. The predicted octanol–water partition coefficient (Wildman–Crippen LogP) is 3.28. The topological polar surface area (TPSA) is 104 Å². The van der Waals surface area contributed by atoms with Gasteiger partial charge in [-0.1, -0.05) is 42.0 Å². The molecule has 1 aliphatic heterocycles. The monoisotopic (exact) mass is 423 g/mol. The third-order valence-electron chi connectivity index (χ3n) is 5.27. The number of carbonyl (C=O) groups is 2. The van der Waals surface area contributed by atoms with E-state index in [2.05, 4.69) is 0 Å². The first-order chi connectivity index (χ1) is 14.7. The number of hydrogen-bond donors (Lipinski definition) is 1. The van der Waals surface area contributed by atoms with Gasteiger partial charge in [-0.2, -0.15) is 0 Å². The number of benzene rings is 2. The zero-order chi connectivity index (χ0) is 22.7. The molecule has 0 spiro atoms. The number of nitro benzene ring substituents is 1. The molecule has 1 saturated heterocycles. The summed E-state index contributed by atoms with van der Waals surface area (Å²) in [4.78, 5) is 39.9. The summed E-state index contributed by atoms with van der Waals surface area (Å²) in [6.45, 7) is 2.88. The molecule has 2 aromatic rings. The molecule has 0 bridgehead atoms. The number of amides is 1. The van der Waals surface area contributed by atoms with Crippen LogP contribution < -0.4 is 0 Å². The third kappa shape index (κ3) is 4.64. The van der Waals surface area contributed by atoms with E-state index in [1.54, 1.807) is 30.3 Å². The van der Waals surface area contributed by atoms with Crippen LogP contribution >= 0.6 is 0 Å². The van der Waals surface area contributed by atoms with Gasteiger partial charge in [-0.15, -0.1) is 0 Å². The van der Waals surface area contributed by atoms with Crippen LogP contribution in [0, 0.1) is 17.0 Å². The number of aliphatic hydroxyl groups is 1. The molecule has 1 aliphatic rings. The molecular weight excluding hydrogens is 398 g/mol. The summed E-state index contributed by atoms with van der Waals surface area (Å²) in [6.07, 6.45) is 0.607. The Bertz CT molecular complexity index is 1040. The van der Waals surface area contributed by atoms with Gasteiger partial charge in [0.15, 0.2) is 0 Å². The van der Waals surface area contributed by atoms with Crippen LogP contribution in [-0.2, 0) is 9.59 Å². The third-order valence-corrected chi connectivity index (χ3v) is 5.27. The van der Waals surface area contributed by atoms with Gasteiger partial charge in [-0.25, -0.2) is 0 Å². The SMILES string of the molecule is Cc1ccc(/C(O)=C2\C(=O)C(=O)N(CCCN(C)C)[C@H]2c2cccc([N+](=O)[O-])c2)cc1. The molecule has 8 heteroatoms. The average Bonchev–Trinajstić information content (AvgIpc) is 2.98. The zero-order valence-corrected chi connectivity index (χ0v) is 17.7. The lowest BCUT2D eigenvalue weighted by atomic mass is 9.94. The number of aryl methyl sites for hydroxylation is 1. The lowest BCUT2D eigenvalue weighted by Gasteiger charge is -2.25. The van der Waals surface area contributed by atoms with E-state index in [0.717, 1.165) is 5.56 Å². The fraction of sp³-hybridized carbons (Fsp3) is 0.304. The van der Waals surface area contributed by atoms with Gasteiger partial charge in [0.05, 0.1) is 16.5 Å². The molecule has 162 valence electrons. The molecule has 0 aliphatic carbocycles. The van der Waals surface area contributed by atoms with Crippen LogP contribution in [0.3, 0.4) is 0 Å². The van der Waals surface area contributed by atoms with Crippen molar-refractivity contribution in [2.24, 2.45) is 0 Å². The molecule has 1 N–H and O–H groups in total. The minimum Gasteiger partial charge on any atom is -0.507 e. The van der Waals surface area contributed by atoms with Crippen LogP contribution in [0.5, 0.6) is 0 Å². The summed E-state index contributed by atoms with van der Waals surface area (Å²) in [5.41, 5.74) is 1.60. The molecule has 0 aromatic heterocycles. The number of ketones is 1. The number of hydrogen-bond acceptors (Lipinski definition) is 6. The molecule has 8 nitrogen and oxygen atoms in total. The van der Waals surface area contributed by atoms with Crippen molar-refractivity contribution in [3.8, 4) is 0 Å². The molecule has 0 saturated carbocycles. The number of Topliss-reactive ketones (excluding diaryl/α,β-unsaturated/α-hetero) is 1. The van der Waals surface area contributed by atoms with Crippen LogP contribution in [0.25, 0.3) is 5.76 Å². The van der Waals surface area contributed by atoms with Gasteiger partial charge in [0.1, 0.15) is 5.76 Å². The van der Waals surface area contributed by atoms with Crippen molar-refractivity contribution in [3.05, 3.63) is 80.9 Å². The van der Waals surface area contributed by atoms with Crippen molar-refractivity contribution >= 4 is 23.1 Å². The minimum absolute atomic E-state index is 0.0563. The van der Waals surface area contributed by atoms with E-state index < -0.39 is 22.7 Å². The van der Waals surface area contributed by atoms with Gasteiger partial charge in [0, 0.05) is 24.2 Å². The number of nitro groups is 1. The quantitative estimate of drug-likeness (QED) is 0.241. The first kappa shape index (κ1) is 22.2. The summed E-state index contributed by atoms with van der Waals surface area (Å²) in [6, 6.07) is 11.9. The highest BCUT2D eigenvalue weighted by atomic mass is 16.6. The maximum Gasteiger partial charge on any atom is 0.295 e. The van der Waals surface area contributed by atoms with E-state index in [0.29, 0.717) is 24.1 Å². The van der Waals surface area contributed by atoms with Crippen molar-refractivity contribution in [1.82, 2.24) is 9.80 Å². The van der Waals surface area contributed by atoms with Crippen LogP contribution in [0.4, 0.5) is 5.69 Å². The minimum atomic E-state index is -0.900. The molecule has 0 radical (unpaired) electrons. The molecule has 1 amide bonds. The Morgan fingerprint density at radius 3 is 2.45 bits per heavy atom. The second kappa shape index (κ2) is 9.09. The second-order valence-corrected chi connectivity index (χ2v) is 7.87. The lowest BCUT2D eigenvalue weighted by Crippen LogP contribution is -2.32. The summed E-state index contributed by atoms with van der Waals surface area (Å²) in [7, 11) is 3.81. The summed E-state index contributed by atoms with van der Waals surface area (Å²) >= 11 is 0.